The number of fused-ring (bicyclic) bond motifs is 1. The van der Waals surface area contributed by atoms with E-state index in [1.807, 2.05) is 17.9 Å². The van der Waals surface area contributed by atoms with Crippen LogP contribution in [0.2, 0.25) is 0 Å². The molecule has 25 heavy (non-hydrogen) atoms. The molecule has 2 aromatic rings. The molecule has 2 N–H and O–H groups in total. The molecule has 9 nitrogen and oxygen atoms in total. The van der Waals surface area contributed by atoms with Gasteiger partial charge in [0.05, 0.1) is 57.6 Å². The minimum absolute atomic E-state index is 0.244. The summed E-state index contributed by atoms with van der Waals surface area (Å²) < 4.78 is 7.30. The second kappa shape index (κ2) is 7.11. The summed E-state index contributed by atoms with van der Waals surface area (Å²) in [6, 6.07) is 0. The van der Waals surface area contributed by atoms with Crippen molar-refractivity contribution >= 4 is 22.8 Å². The van der Waals surface area contributed by atoms with Crippen LogP contribution in [-0.4, -0.2) is 90.5 Å². The molecule has 2 fully saturated rings. The minimum atomic E-state index is 0.244. The van der Waals surface area contributed by atoms with Crippen LogP contribution in [0.25, 0.3) is 11.0 Å². The Balaban J connectivity index is 1.64. The van der Waals surface area contributed by atoms with E-state index >= 15 is 0 Å². The molecule has 0 aliphatic carbocycles. The lowest BCUT2D eigenvalue weighted by molar-refractivity contribution is -0.900. The van der Waals surface area contributed by atoms with Gasteiger partial charge >= 0.3 is 0 Å². The van der Waals surface area contributed by atoms with Crippen molar-refractivity contribution in [1.29, 1.82) is 0 Å². The number of morpholine rings is 1. The van der Waals surface area contributed by atoms with Crippen LogP contribution >= 0.6 is 0 Å². The summed E-state index contributed by atoms with van der Waals surface area (Å²) in [6.07, 6.45) is 1.85. The number of aromatic nitrogens is 4. The first-order valence-electron chi connectivity index (χ1n) is 8.98. The van der Waals surface area contributed by atoms with Gasteiger partial charge in [0.15, 0.2) is 5.65 Å². The van der Waals surface area contributed by atoms with Crippen LogP contribution in [0.3, 0.4) is 0 Å². The average Bonchev–Trinajstić information content (AvgIpc) is 3.04. The summed E-state index contributed by atoms with van der Waals surface area (Å²) in [4.78, 5) is 15.6. The molecular weight excluding hydrogens is 322 g/mol. The van der Waals surface area contributed by atoms with Gasteiger partial charge in [-0.3, -0.25) is 4.68 Å². The number of nitrogens with zero attached hydrogens (tertiary/aromatic N) is 6. The topological polar surface area (TPSA) is 84.0 Å². The highest BCUT2D eigenvalue weighted by molar-refractivity contribution is 5.88. The first-order valence-corrected chi connectivity index (χ1v) is 8.98. The number of aliphatic hydroxyl groups excluding tert-OH is 1. The van der Waals surface area contributed by atoms with Crippen molar-refractivity contribution in [2.45, 2.75) is 0 Å². The molecule has 0 saturated carbocycles. The van der Waals surface area contributed by atoms with E-state index in [9.17, 15) is 0 Å². The monoisotopic (exact) mass is 348 g/mol. The van der Waals surface area contributed by atoms with Crippen molar-refractivity contribution in [3.05, 3.63) is 6.20 Å². The van der Waals surface area contributed by atoms with E-state index < -0.39 is 0 Å². The molecule has 9 heteroatoms. The molecule has 0 amide bonds. The number of hydrogen-bond donors (Lipinski definition) is 2. The van der Waals surface area contributed by atoms with Crippen molar-refractivity contribution in [3.8, 4) is 0 Å². The zero-order chi connectivity index (χ0) is 17.2. The minimum Gasteiger partial charge on any atom is -0.391 e. The number of piperazine rings is 1. The van der Waals surface area contributed by atoms with E-state index in [4.69, 9.17) is 19.8 Å². The van der Waals surface area contributed by atoms with Crippen LogP contribution in [0.4, 0.5) is 11.8 Å². The summed E-state index contributed by atoms with van der Waals surface area (Å²) >= 11 is 0. The van der Waals surface area contributed by atoms with E-state index in [1.165, 1.54) is 4.90 Å². The molecule has 2 aliphatic heterocycles. The van der Waals surface area contributed by atoms with Crippen LogP contribution in [0.5, 0.6) is 0 Å². The first kappa shape index (κ1) is 16.5. The number of nitrogens with one attached hydrogen (secondary N) is 1. The lowest BCUT2D eigenvalue weighted by atomic mass is 10.3. The van der Waals surface area contributed by atoms with Crippen LogP contribution < -0.4 is 14.7 Å². The van der Waals surface area contributed by atoms with Gasteiger partial charge in [0, 0.05) is 20.1 Å². The van der Waals surface area contributed by atoms with Crippen molar-refractivity contribution < 1.29 is 14.7 Å². The number of hydrogen-bond acceptors (Lipinski definition) is 7. The quantitative estimate of drug-likeness (QED) is 0.655. The number of aliphatic hydroxyl groups is 1. The SMILES string of the molecule is Cn1ncc2c(N3CCOCC3)nc(N3CC[NH+](CCO)CC3)nc21. The number of aryl methyl sites for hydroxylation is 1. The molecule has 4 heterocycles. The van der Waals surface area contributed by atoms with Crippen molar-refractivity contribution in [2.24, 2.45) is 7.05 Å². The molecular formula is C16H26N7O2+. The lowest BCUT2D eigenvalue weighted by Crippen LogP contribution is -3.15. The maximum Gasteiger partial charge on any atom is 0.229 e. The van der Waals surface area contributed by atoms with Crippen molar-refractivity contribution in [1.82, 2.24) is 19.7 Å². The fourth-order valence-corrected chi connectivity index (χ4v) is 3.58. The second-order valence-corrected chi connectivity index (χ2v) is 6.66. The Bertz CT molecular complexity index is 721. The molecule has 0 spiro atoms. The Hall–Kier alpha value is -1.97. The van der Waals surface area contributed by atoms with E-state index in [-0.39, 0.29) is 6.61 Å². The average molecular weight is 348 g/mol. The number of quaternary nitrogens is 1. The highest BCUT2D eigenvalue weighted by atomic mass is 16.5. The number of rotatable bonds is 4. The Labute approximate surface area is 146 Å². The van der Waals surface area contributed by atoms with Gasteiger partial charge in [-0.05, 0) is 0 Å². The van der Waals surface area contributed by atoms with Crippen LogP contribution in [0, 0.1) is 0 Å². The highest BCUT2D eigenvalue weighted by Crippen LogP contribution is 2.26. The van der Waals surface area contributed by atoms with Gasteiger partial charge in [-0.1, -0.05) is 0 Å². The molecule has 4 rings (SSSR count). The lowest BCUT2D eigenvalue weighted by Gasteiger charge is -2.33. The summed E-state index contributed by atoms with van der Waals surface area (Å²) in [6.45, 7) is 8.00. The molecule has 0 bridgehead atoms. The molecule has 136 valence electrons. The molecule has 0 radical (unpaired) electrons. The highest BCUT2D eigenvalue weighted by Gasteiger charge is 2.25. The maximum atomic E-state index is 9.12. The fourth-order valence-electron chi connectivity index (χ4n) is 3.58. The van der Waals surface area contributed by atoms with E-state index in [2.05, 4.69) is 14.9 Å². The molecule has 2 aliphatic rings. The summed E-state index contributed by atoms with van der Waals surface area (Å²) in [5, 5.41) is 14.5. The van der Waals surface area contributed by atoms with Crippen LogP contribution in [-0.2, 0) is 11.8 Å². The third kappa shape index (κ3) is 3.26. The van der Waals surface area contributed by atoms with E-state index in [1.54, 1.807) is 0 Å². The smallest absolute Gasteiger partial charge is 0.229 e. The Morgan fingerprint density at radius 2 is 1.88 bits per heavy atom. The maximum absolute atomic E-state index is 9.12. The third-order valence-corrected chi connectivity index (χ3v) is 5.09. The number of anilines is 2. The summed E-state index contributed by atoms with van der Waals surface area (Å²) in [7, 11) is 1.92. The van der Waals surface area contributed by atoms with E-state index in [0.717, 1.165) is 81.8 Å². The Morgan fingerprint density at radius 1 is 1.12 bits per heavy atom. The van der Waals surface area contributed by atoms with Gasteiger partial charge in [-0.25, -0.2) is 0 Å². The van der Waals surface area contributed by atoms with E-state index in [0.29, 0.717) is 0 Å². The Morgan fingerprint density at radius 3 is 2.60 bits per heavy atom. The first-order chi connectivity index (χ1) is 12.3. The molecule has 2 aromatic heterocycles. The molecule has 0 unspecified atom stereocenters. The van der Waals surface area contributed by atoms with Crippen LogP contribution in [0.15, 0.2) is 6.20 Å². The molecule has 2 saturated heterocycles. The number of ether oxygens (including phenoxy) is 1. The van der Waals surface area contributed by atoms with Crippen LogP contribution in [0.1, 0.15) is 0 Å². The summed E-state index contributed by atoms with van der Waals surface area (Å²) in [5.41, 5.74) is 0.872. The normalized spacial score (nSPS) is 19.8. The second-order valence-electron chi connectivity index (χ2n) is 6.66. The molecule has 0 atom stereocenters. The fraction of sp³-hybridized carbons (Fsp3) is 0.688. The van der Waals surface area contributed by atoms with Gasteiger partial charge in [-0.2, -0.15) is 15.1 Å². The molecule has 0 aromatic carbocycles. The van der Waals surface area contributed by atoms with Crippen molar-refractivity contribution in [3.63, 3.8) is 0 Å². The van der Waals surface area contributed by atoms with Gasteiger partial charge in [0.25, 0.3) is 0 Å². The van der Waals surface area contributed by atoms with Gasteiger partial charge < -0.3 is 24.5 Å². The van der Waals surface area contributed by atoms with Gasteiger partial charge in [-0.15, -0.1) is 0 Å². The van der Waals surface area contributed by atoms with Gasteiger partial charge in [0.1, 0.15) is 12.4 Å². The summed E-state index contributed by atoms with van der Waals surface area (Å²) in [5.74, 6) is 1.74. The largest absolute Gasteiger partial charge is 0.391 e. The standard InChI is InChI=1S/C16H25N7O2/c1-20-14-13(12-17-20)15(22-7-10-25-11-8-22)19-16(18-14)23-4-2-21(3-5-23)6-9-24/h12,24H,2-11H2,1H3/p+1. The Kier molecular flexibility index (Phi) is 4.69. The van der Waals surface area contributed by atoms with Gasteiger partial charge in [0.2, 0.25) is 5.95 Å². The predicted molar refractivity (Wildman–Crippen MR) is 94.2 cm³/mol. The zero-order valence-electron chi connectivity index (χ0n) is 14.7. The predicted octanol–water partition coefficient (Wildman–Crippen LogP) is -2.10. The van der Waals surface area contributed by atoms with Crippen molar-refractivity contribution in [2.75, 3.05) is 75.4 Å². The zero-order valence-corrected chi connectivity index (χ0v) is 14.7. The third-order valence-electron chi connectivity index (χ3n) is 5.09.